The van der Waals surface area contributed by atoms with Gasteiger partial charge in [0.1, 0.15) is 0 Å². The van der Waals surface area contributed by atoms with Gasteiger partial charge in [-0.2, -0.15) is 0 Å². The first-order valence-corrected chi connectivity index (χ1v) is 7.23. The van der Waals surface area contributed by atoms with E-state index in [1.807, 2.05) is 37.2 Å². The Morgan fingerprint density at radius 3 is 2.35 bits per heavy atom. The lowest BCUT2D eigenvalue weighted by atomic mass is 10.1. The van der Waals surface area contributed by atoms with Crippen LogP contribution in [0, 0.1) is 0 Å². The molecule has 0 heterocycles. The SMILES string of the molecule is CC(N)C(=O)N(CCCc1ccccc1)CCN(C)C. The molecule has 112 valence electrons. The van der Waals surface area contributed by atoms with Crippen LogP contribution >= 0.6 is 0 Å². The van der Waals surface area contributed by atoms with Crippen LogP contribution in [0.1, 0.15) is 18.9 Å². The summed E-state index contributed by atoms with van der Waals surface area (Å²) in [5.41, 5.74) is 7.03. The summed E-state index contributed by atoms with van der Waals surface area (Å²) in [6.07, 6.45) is 1.96. The number of nitrogens with zero attached hydrogens (tertiary/aromatic N) is 2. The molecule has 1 amide bonds. The first-order valence-electron chi connectivity index (χ1n) is 7.23. The van der Waals surface area contributed by atoms with Crippen molar-refractivity contribution in [2.45, 2.75) is 25.8 Å². The molecular weight excluding hydrogens is 250 g/mol. The van der Waals surface area contributed by atoms with Gasteiger partial charge in [0.05, 0.1) is 6.04 Å². The standard InChI is InChI=1S/C16H27N3O/c1-14(17)16(20)19(13-12-18(2)3)11-7-10-15-8-5-4-6-9-15/h4-6,8-9,14H,7,10-13,17H2,1-3H3. The molecule has 1 rings (SSSR count). The second-order valence-electron chi connectivity index (χ2n) is 5.51. The highest BCUT2D eigenvalue weighted by Gasteiger charge is 2.16. The molecule has 1 atom stereocenters. The molecule has 1 unspecified atom stereocenters. The summed E-state index contributed by atoms with van der Waals surface area (Å²) < 4.78 is 0. The van der Waals surface area contributed by atoms with Crippen molar-refractivity contribution in [1.82, 2.24) is 9.80 Å². The quantitative estimate of drug-likeness (QED) is 0.780. The first kappa shape index (κ1) is 16.7. The van der Waals surface area contributed by atoms with Gasteiger partial charge in [0.2, 0.25) is 5.91 Å². The average Bonchev–Trinajstić information content (AvgIpc) is 2.42. The van der Waals surface area contributed by atoms with Crippen LogP contribution < -0.4 is 5.73 Å². The van der Waals surface area contributed by atoms with E-state index in [1.54, 1.807) is 6.92 Å². The number of amides is 1. The number of rotatable bonds is 8. The largest absolute Gasteiger partial charge is 0.340 e. The zero-order chi connectivity index (χ0) is 15.0. The summed E-state index contributed by atoms with van der Waals surface area (Å²) in [4.78, 5) is 16.0. The predicted molar refractivity (Wildman–Crippen MR) is 83.5 cm³/mol. The maximum absolute atomic E-state index is 12.1. The van der Waals surface area contributed by atoms with Gasteiger partial charge in [0, 0.05) is 19.6 Å². The molecule has 0 aliphatic carbocycles. The van der Waals surface area contributed by atoms with Crippen LogP contribution in [0.3, 0.4) is 0 Å². The third-order valence-electron chi connectivity index (χ3n) is 3.25. The Morgan fingerprint density at radius 2 is 1.80 bits per heavy atom. The number of hydrogen-bond donors (Lipinski definition) is 1. The molecule has 4 heteroatoms. The maximum atomic E-state index is 12.1. The number of nitrogens with two attached hydrogens (primary N) is 1. The fourth-order valence-electron chi connectivity index (χ4n) is 2.06. The van der Waals surface area contributed by atoms with E-state index in [1.165, 1.54) is 5.56 Å². The minimum Gasteiger partial charge on any atom is -0.340 e. The molecule has 0 aliphatic rings. The van der Waals surface area contributed by atoms with Gasteiger partial charge in [0.15, 0.2) is 0 Å². The Labute approximate surface area is 122 Å². The lowest BCUT2D eigenvalue weighted by Gasteiger charge is -2.26. The molecule has 0 saturated heterocycles. The minimum atomic E-state index is -0.422. The highest BCUT2D eigenvalue weighted by atomic mass is 16.2. The molecule has 0 fully saturated rings. The first-order chi connectivity index (χ1) is 9.50. The van der Waals surface area contributed by atoms with Crippen molar-refractivity contribution >= 4 is 5.91 Å². The van der Waals surface area contributed by atoms with E-state index in [0.29, 0.717) is 0 Å². The smallest absolute Gasteiger partial charge is 0.239 e. The van der Waals surface area contributed by atoms with Crippen LogP contribution in [0.25, 0.3) is 0 Å². The number of carbonyl (C=O) groups is 1. The molecule has 0 bridgehead atoms. The van der Waals surface area contributed by atoms with Gasteiger partial charge in [-0.25, -0.2) is 0 Å². The van der Waals surface area contributed by atoms with E-state index >= 15 is 0 Å². The van der Waals surface area contributed by atoms with Gasteiger partial charge in [0.25, 0.3) is 0 Å². The second kappa shape index (κ2) is 8.72. The molecule has 0 radical (unpaired) electrons. The fraction of sp³-hybridized carbons (Fsp3) is 0.562. The van der Waals surface area contributed by atoms with Crippen molar-refractivity contribution in [1.29, 1.82) is 0 Å². The maximum Gasteiger partial charge on any atom is 0.239 e. The van der Waals surface area contributed by atoms with Gasteiger partial charge < -0.3 is 15.5 Å². The van der Waals surface area contributed by atoms with Gasteiger partial charge in [-0.15, -0.1) is 0 Å². The van der Waals surface area contributed by atoms with Crippen LogP contribution in [0.15, 0.2) is 30.3 Å². The minimum absolute atomic E-state index is 0.0416. The molecule has 1 aromatic carbocycles. The molecule has 1 aromatic rings. The van der Waals surface area contributed by atoms with Crippen molar-refractivity contribution in [2.75, 3.05) is 33.7 Å². The van der Waals surface area contributed by atoms with E-state index in [9.17, 15) is 4.79 Å². The number of carbonyl (C=O) groups excluding carboxylic acids is 1. The summed E-state index contributed by atoms with van der Waals surface area (Å²) in [5.74, 6) is 0.0416. The summed E-state index contributed by atoms with van der Waals surface area (Å²) in [7, 11) is 4.02. The van der Waals surface area contributed by atoms with E-state index in [-0.39, 0.29) is 5.91 Å². The molecule has 0 saturated carbocycles. The molecule has 2 N–H and O–H groups in total. The van der Waals surface area contributed by atoms with E-state index in [2.05, 4.69) is 17.0 Å². The van der Waals surface area contributed by atoms with Gasteiger partial charge in [-0.1, -0.05) is 30.3 Å². The van der Waals surface area contributed by atoms with E-state index in [4.69, 9.17) is 5.73 Å². The lowest BCUT2D eigenvalue weighted by Crippen LogP contribution is -2.45. The van der Waals surface area contributed by atoms with Gasteiger partial charge >= 0.3 is 0 Å². The Morgan fingerprint density at radius 1 is 1.15 bits per heavy atom. The van der Waals surface area contributed by atoms with Gasteiger partial charge in [-0.3, -0.25) is 4.79 Å². The summed E-state index contributed by atoms with van der Waals surface area (Å²) in [5, 5.41) is 0. The zero-order valence-electron chi connectivity index (χ0n) is 12.9. The van der Waals surface area contributed by atoms with Crippen LogP contribution in [-0.2, 0) is 11.2 Å². The van der Waals surface area contributed by atoms with Gasteiger partial charge in [-0.05, 0) is 39.4 Å². The monoisotopic (exact) mass is 277 g/mol. The lowest BCUT2D eigenvalue weighted by molar-refractivity contribution is -0.132. The molecule has 0 spiro atoms. The van der Waals surface area contributed by atoms with Crippen molar-refractivity contribution < 1.29 is 4.79 Å². The Balaban J connectivity index is 2.45. The summed E-state index contributed by atoms with van der Waals surface area (Å²) in [6, 6.07) is 9.94. The molecular formula is C16H27N3O. The number of aryl methyl sites for hydroxylation is 1. The van der Waals surface area contributed by atoms with Crippen molar-refractivity contribution in [2.24, 2.45) is 5.73 Å². The number of benzene rings is 1. The van der Waals surface area contributed by atoms with Crippen LogP contribution in [0.5, 0.6) is 0 Å². The molecule has 0 aliphatic heterocycles. The highest BCUT2D eigenvalue weighted by molar-refractivity contribution is 5.81. The highest BCUT2D eigenvalue weighted by Crippen LogP contribution is 2.04. The van der Waals surface area contributed by atoms with Crippen molar-refractivity contribution in [3.63, 3.8) is 0 Å². The topological polar surface area (TPSA) is 49.6 Å². The normalized spacial score (nSPS) is 12.4. The molecule has 0 aromatic heterocycles. The number of hydrogen-bond acceptors (Lipinski definition) is 3. The van der Waals surface area contributed by atoms with Crippen molar-refractivity contribution in [3.05, 3.63) is 35.9 Å². The zero-order valence-corrected chi connectivity index (χ0v) is 12.9. The summed E-state index contributed by atoms with van der Waals surface area (Å²) >= 11 is 0. The fourth-order valence-corrected chi connectivity index (χ4v) is 2.06. The predicted octanol–water partition coefficient (Wildman–Crippen LogP) is 1.36. The van der Waals surface area contributed by atoms with Crippen LogP contribution in [0.4, 0.5) is 0 Å². The summed E-state index contributed by atoms with van der Waals surface area (Å²) in [6.45, 7) is 4.12. The van der Waals surface area contributed by atoms with E-state index in [0.717, 1.165) is 32.5 Å². The average molecular weight is 277 g/mol. The van der Waals surface area contributed by atoms with Crippen LogP contribution in [0.2, 0.25) is 0 Å². The van der Waals surface area contributed by atoms with E-state index < -0.39 is 6.04 Å². The molecule has 20 heavy (non-hydrogen) atoms. The van der Waals surface area contributed by atoms with Crippen LogP contribution in [-0.4, -0.2) is 55.5 Å². The Bertz CT molecular complexity index is 390. The van der Waals surface area contributed by atoms with Crippen molar-refractivity contribution in [3.8, 4) is 0 Å². The molecule has 4 nitrogen and oxygen atoms in total. The Hall–Kier alpha value is -1.39. The number of likely N-dealkylation sites (N-methyl/N-ethyl adjacent to an activating group) is 1. The Kier molecular flexibility index (Phi) is 7.26. The third-order valence-corrected chi connectivity index (χ3v) is 3.25. The third kappa shape index (κ3) is 6.17. The second-order valence-corrected chi connectivity index (χ2v) is 5.51.